The number of nitrogens with one attached hydrogen (secondary N) is 1. The van der Waals surface area contributed by atoms with Crippen molar-refractivity contribution in [1.29, 1.82) is 0 Å². The first-order valence-electron chi connectivity index (χ1n) is 8.16. The lowest BCUT2D eigenvalue weighted by Crippen LogP contribution is -3.18. The summed E-state index contributed by atoms with van der Waals surface area (Å²) in [4.78, 5) is 1.59. The number of quaternary nitrogens is 1. The summed E-state index contributed by atoms with van der Waals surface area (Å²) >= 11 is 0. The van der Waals surface area contributed by atoms with Crippen molar-refractivity contribution in [3.05, 3.63) is 59.2 Å². The smallest absolute Gasteiger partial charge is 0.161 e. The molecule has 0 amide bonds. The first kappa shape index (κ1) is 15.9. The molecule has 1 aliphatic rings. The van der Waals surface area contributed by atoms with Crippen LogP contribution in [0.15, 0.2) is 42.5 Å². The molecule has 0 saturated carbocycles. The third kappa shape index (κ3) is 3.20. The van der Waals surface area contributed by atoms with E-state index in [0.29, 0.717) is 0 Å². The lowest BCUT2D eigenvalue weighted by Gasteiger charge is -2.40. The third-order valence-corrected chi connectivity index (χ3v) is 4.96. The maximum atomic E-state index is 5.47. The standard InChI is InChI=1S/C20H25NO2/c1-20(2)12-16-10-18(22-3)19(23-4)11-17(16)14-21(20)13-15-8-6-5-7-9-15/h5-11H,12-14H2,1-4H3/p+1. The van der Waals surface area contributed by atoms with Gasteiger partial charge in [0.1, 0.15) is 13.1 Å². The molecule has 0 saturated heterocycles. The molecule has 3 nitrogen and oxygen atoms in total. The Morgan fingerprint density at radius 2 is 1.57 bits per heavy atom. The Bertz CT molecular complexity index is 680. The van der Waals surface area contributed by atoms with Crippen LogP contribution in [0.1, 0.15) is 30.5 Å². The Morgan fingerprint density at radius 1 is 0.957 bits per heavy atom. The minimum Gasteiger partial charge on any atom is -0.493 e. The van der Waals surface area contributed by atoms with Gasteiger partial charge in [-0.25, -0.2) is 0 Å². The Kier molecular flexibility index (Phi) is 4.31. The van der Waals surface area contributed by atoms with Gasteiger partial charge in [0.15, 0.2) is 11.5 Å². The number of rotatable bonds is 4. The van der Waals surface area contributed by atoms with Crippen molar-refractivity contribution >= 4 is 0 Å². The van der Waals surface area contributed by atoms with Crippen LogP contribution in [0.4, 0.5) is 0 Å². The van der Waals surface area contributed by atoms with Gasteiger partial charge in [-0.2, -0.15) is 0 Å². The second kappa shape index (κ2) is 6.25. The largest absolute Gasteiger partial charge is 0.493 e. The lowest BCUT2D eigenvalue weighted by atomic mass is 9.85. The van der Waals surface area contributed by atoms with Crippen LogP contribution in [0.2, 0.25) is 0 Å². The van der Waals surface area contributed by atoms with Crippen molar-refractivity contribution < 1.29 is 14.4 Å². The SMILES string of the molecule is COc1cc2c(cc1OC)CC(C)(C)[NH+](Cc1ccccc1)C2. The molecular formula is C20H26NO2+. The second-order valence-corrected chi connectivity index (χ2v) is 6.98. The average Bonchev–Trinajstić information content (AvgIpc) is 2.55. The molecule has 23 heavy (non-hydrogen) atoms. The van der Waals surface area contributed by atoms with Gasteiger partial charge in [0.25, 0.3) is 0 Å². The molecule has 2 aromatic rings. The molecule has 0 radical (unpaired) electrons. The van der Waals surface area contributed by atoms with Crippen molar-refractivity contribution in [2.75, 3.05) is 14.2 Å². The van der Waals surface area contributed by atoms with Gasteiger partial charge in [-0.1, -0.05) is 30.3 Å². The minimum absolute atomic E-state index is 0.197. The maximum absolute atomic E-state index is 5.47. The van der Waals surface area contributed by atoms with Gasteiger partial charge in [-0.05, 0) is 31.5 Å². The van der Waals surface area contributed by atoms with Crippen LogP contribution in [0, 0.1) is 0 Å². The van der Waals surface area contributed by atoms with Crippen LogP contribution in [-0.4, -0.2) is 19.8 Å². The van der Waals surface area contributed by atoms with Crippen molar-refractivity contribution in [3.63, 3.8) is 0 Å². The van der Waals surface area contributed by atoms with E-state index in [9.17, 15) is 0 Å². The van der Waals surface area contributed by atoms with E-state index in [1.807, 2.05) is 0 Å². The maximum Gasteiger partial charge on any atom is 0.161 e. The van der Waals surface area contributed by atoms with E-state index in [-0.39, 0.29) is 5.54 Å². The molecule has 1 unspecified atom stereocenters. The van der Waals surface area contributed by atoms with Gasteiger partial charge in [0.2, 0.25) is 0 Å². The summed E-state index contributed by atoms with van der Waals surface area (Å²) in [6.07, 6.45) is 1.05. The number of benzene rings is 2. The molecule has 3 heteroatoms. The van der Waals surface area contributed by atoms with E-state index in [0.717, 1.165) is 31.0 Å². The highest BCUT2D eigenvalue weighted by atomic mass is 16.5. The molecule has 0 aliphatic carbocycles. The Hall–Kier alpha value is -2.00. The number of fused-ring (bicyclic) bond motifs is 1. The molecule has 1 aliphatic heterocycles. The summed E-state index contributed by atoms with van der Waals surface area (Å²) in [7, 11) is 3.40. The summed E-state index contributed by atoms with van der Waals surface area (Å²) in [6, 6.07) is 15.0. The molecule has 0 bridgehead atoms. The van der Waals surface area contributed by atoms with Crippen LogP contribution in [0.5, 0.6) is 11.5 Å². The topological polar surface area (TPSA) is 22.9 Å². The van der Waals surface area contributed by atoms with E-state index >= 15 is 0 Å². The lowest BCUT2D eigenvalue weighted by molar-refractivity contribution is -0.977. The van der Waals surface area contributed by atoms with Gasteiger partial charge in [-0.15, -0.1) is 0 Å². The molecule has 122 valence electrons. The van der Waals surface area contributed by atoms with E-state index in [1.54, 1.807) is 19.1 Å². The monoisotopic (exact) mass is 312 g/mol. The van der Waals surface area contributed by atoms with Gasteiger partial charge in [-0.3, -0.25) is 0 Å². The highest BCUT2D eigenvalue weighted by Gasteiger charge is 2.37. The van der Waals surface area contributed by atoms with Crippen molar-refractivity contribution in [3.8, 4) is 11.5 Å². The highest BCUT2D eigenvalue weighted by Crippen LogP contribution is 2.33. The zero-order valence-corrected chi connectivity index (χ0v) is 14.5. The van der Waals surface area contributed by atoms with E-state index in [4.69, 9.17) is 9.47 Å². The van der Waals surface area contributed by atoms with Gasteiger partial charge >= 0.3 is 0 Å². The normalized spacial score (nSPS) is 19.0. The number of methoxy groups -OCH3 is 2. The Labute approximate surface area is 138 Å². The summed E-state index contributed by atoms with van der Waals surface area (Å²) in [5, 5.41) is 0. The predicted octanol–water partition coefficient (Wildman–Crippen LogP) is 2.62. The third-order valence-electron chi connectivity index (χ3n) is 4.96. The number of ether oxygens (including phenoxy) is 2. The van der Waals surface area contributed by atoms with Gasteiger partial charge in [0.05, 0.1) is 19.8 Å². The van der Waals surface area contributed by atoms with E-state index in [1.165, 1.54) is 16.7 Å². The zero-order valence-electron chi connectivity index (χ0n) is 14.5. The van der Waals surface area contributed by atoms with Crippen LogP contribution in [-0.2, 0) is 19.5 Å². The quantitative estimate of drug-likeness (QED) is 0.938. The van der Waals surface area contributed by atoms with Crippen LogP contribution >= 0.6 is 0 Å². The number of hydrogen-bond acceptors (Lipinski definition) is 2. The molecule has 0 aromatic heterocycles. The summed E-state index contributed by atoms with van der Waals surface area (Å²) < 4.78 is 10.9. The van der Waals surface area contributed by atoms with Crippen LogP contribution < -0.4 is 14.4 Å². The molecule has 1 heterocycles. The molecule has 0 spiro atoms. The summed E-state index contributed by atoms with van der Waals surface area (Å²) in [6.45, 7) is 6.76. The van der Waals surface area contributed by atoms with Crippen molar-refractivity contribution in [2.24, 2.45) is 0 Å². The molecule has 0 fully saturated rings. The molecule has 3 rings (SSSR count). The van der Waals surface area contributed by atoms with Crippen LogP contribution in [0.25, 0.3) is 0 Å². The van der Waals surface area contributed by atoms with Gasteiger partial charge in [0, 0.05) is 17.5 Å². The molecule has 2 aromatic carbocycles. The predicted molar refractivity (Wildman–Crippen MR) is 92.1 cm³/mol. The first-order valence-corrected chi connectivity index (χ1v) is 8.16. The van der Waals surface area contributed by atoms with E-state index < -0.39 is 0 Å². The molecule has 1 atom stereocenters. The molecule has 1 N–H and O–H groups in total. The first-order chi connectivity index (χ1) is 11.0. The van der Waals surface area contributed by atoms with E-state index in [2.05, 4.69) is 56.3 Å². The average molecular weight is 312 g/mol. The fraction of sp³-hybridized carbons (Fsp3) is 0.400. The van der Waals surface area contributed by atoms with Crippen molar-refractivity contribution in [1.82, 2.24) is 0 Å². The fourth-order valence-corrected chi connectivity index (χ4v) is 3.51. The number of hydrogen-bond donors (Lipinski definition) is 1. The molecular weight excluding hydrogens is 286 g/mol. The zero-order chi connectivity index (χ0) is 16.4. The summed E-state index contributed by atoms with van der Waals surface area (Å²) in [5.41, 5.74) is 4.33. The fourth-order valence-electron chi connectivity index (χ4n) is 3.51. The Morgan fingerprint density at radius 3 is 2.17 bits per heavy atom. The van der Waals surface area contributed by atoms with Crippen molar-refractivity contribution in [2.45, 2.75) is 38.9 Å². The van der Waals surface area contributed by atoms with Gasteiger partial charge < -0.3 is 14.4 Å². The summed E-state index contributed by atoms with van der Waals surface area (Å²) in [5.74, 6) is 1.65. The van der Waals surface area contributed by atoms with Crippen LogP contribution in [0.3, 0.4) is 0 Å². The second-order valence-electron chi connectivity index (χ2n) is 6.98. The minimum atomic E-state index is 0.197. The highest BCUT2D eigenvalue weighted by molar-refractivity contribution is 5.48. The Balaban J connectivity index is 1.91.